The number of hydrogen-bond donors (Lipinski definition) is 3. The number of para-hydroxylation sites is 1. The van der Waals surface area contributed by atoms with Gasteiger partial charge in [-0.05, 0) is 49.2 Å². The molecule has 0 saturated heterocycles. The molecule has 2 aromatic carbocycles. The molecule has 0 bridgehead atoms. The first kappa shape index (κ1) is 26.2. The number of halogens is 3. The molecule has 2 amide bonds. The molecule has 202 valence electrons. The predicted molar refractivity (Wildman–Crippen MR) is 131 cm³/mol. The highest BCUT2D eigenvalue weighted by molar-refractivity contribution is 5.97. The van der Waals surface area contributed by atoms with E-state index >= 15 is 0 Å². The molecule has 2 aliphatic carbocycles. The van der Waals surface area contributed by atoms with Crippen molar-refractivity contribution in [2.45, 2.75) is 62.1 Å². The van der Waals surface area contributed by atoms with Gasteiger partial charge < -0.3 is 25.2 Å². The Labute approximate surface area is 217 Å². The van der Waals surface area contributed by atoms with Crippen LogP contribution in [0.2, 0.25) is 0 Å². The lowest BCUT2D eigenvalue weighted by Gasteiger charge is -2.43. The Morgan fingerprint density at radius 3 is 2.39 bits per heavy atom. The monoisotopic (exact) mass is 530 g/mol. The SMILES string of the molecule is O=C(NCCO)C1=CC(N(C(=O)c2ccc(C(F)(F)F)cc2)C2CCCC2)C(O)C2Oc3ccccc3C12. The maximum atomic E-state index is 13.8. The minimum absolute atomic E-state index is 0.0279. The van der Waals surface area contributed by atoms with Crippen molar-refractivity contribution in [2.75, 3.05) is 13.2 Å². The Balaban J connectivity index is 1.55. The van der Waals surface area contributed by atoms with Gasteiger partial charge in [0.15, 0.2) is 0 Å². The molecule has 0 aromatic heterocycles. The van der Waals surface area contributed by atoms with Crippen LogP contribution in [0.4, 0.5) is 13.2 Å². The fraction of sp³-hybridized carbons (Fsp3) is 0.429. The van der Waals surface area contributed by atoms with Crippen molar-refractivity contribution in [1.29, 1.82) is 0 Å². The molecular weight excluding hydrogens is 501 g/mol. The Morgan fingerprint density at radius 2 is 1.74 bits per heavy atom. The Morgan fingerprint density at radius 1 is 1.05 bits per heavy atom. The highest BCUT2D eigenvalue weighted by atomic mass is 19.4. The average molecular weight is 531 g/mol. The minimum atomic E-state index is -4.53. The molecule has 4 unspecified atom stereocenters. The highest BCUT2D eigenvalue weighted by Gasteiger charge is 2.51. The third kappa shape index (κ3) is 4.78. The Kier molecular flexibility index (Phi) is 7.19. The number of alkyl halides is 3. The summed E-state index contributed by atoms with van der Waals surface area (Å²) in [5, 5.41) is 23.5. The standard InChI is InChI=1S/C28H29F3N2O5/c29-28(30,31)17-11-9-16(10-12-17)27(37)33(18-5-1-2-6-18)21-15-20(26(36)32-13-14-34)23-19-7-3-4-8-22(19)38-25(23)24(21)35/h3-4,7-12,15,18,21,23-25,34-35H,1-2,5-6,13-14H2,(H,32,36). The first-order valence-electron chi connectivity index (χ1n) is 12.7. The number of nitrogens with zero attached hydrogens (tertiary/aromatic N) is 1. The smallest absolute Gasteiger partial charge is 0.416 e. The van der Waals surface area contributed by atoms with Crippen molar-refractivity contribution < 1.29 is 37.7 Å². The third-order valence-corrected chi connectivity index (χ3v) is 7.61. The van der Waals surface area contributed by atoms with E-state index in [2.05, 4.69) is 5.32 Å². The summed E-state index contributed by atoms with van der Waals surface area (Å²) in [5.74, 6) is -1.01. The summed E-state index contributed by atoms with van der Waals surface area (Å²) in [6.45, 7) is -0.229. The van der Waals surface area contributed by atoms with Crippen molar-refractivity contribution in [1.82, 2.24) is 10.2 Å². The lowest BCUT2D eigenvalue weighted by atomic mass is 9.77. The van der Waals surface area contributed by atoms with Crippen molar-refractivity contribution in [2.24, 2.45) is 0 Å². The Bertz CT molecular complexity index is 1220. The first-order valence-corrected chi connectivity index (χ1v) is 12.7. The van der Waals surface area contributed by atoms with Crippen LogP contribution in [0, 0.1) is 0 Å². The van der Waals surface area contributed by atoms with E-state index in [1.54, 1.807) is 18.2 Å². The van der Waals surface area contributed by atoms with Gasteiger partial charge in [-0.1, -0.05) is 31.0 Å². The zero-order valence-electron chi connectivity index (χ0n) is 20.5. The number of benzene rings is 2. The van der Waals surface area contributed by atoms with Gasteiger partial charge in [-0.15, -0.1) is 0 Å². The lowest BCUT2D eigenvalue weighted by molar-refractivity contribution is -0.137. The molecule has 5 rings (SSSR count). The zero-order valence-corrected chi connectivity index (χ0v) is 20.5. The summed E-state index contributed by atoms with van der Waals surface area (Å²) in [6, 6.07) is 9.99. The zero-order chi connectivity index (χ0) is 27.0. The molecule has 1 aliphatic heterocycles. The maximum absolute atomic E-state index is 13.8. The molecule has 1 fully saturated rings. The number of carbonyl (C=O) groups excluding carboxylic acids is 2. The van der Waals surface area contributed by atoms with Crippen LogP contribution in [0.15, 0.2) is 60.2 Å². The molecule has 2 aromatic rings. The number of aliphatic hydroxyl groups is 2. The van der Waals surface area contributed by atoms with E-state index in [0.717, 1.165) is 42.7 Å². The number of carbonyl (C=O) groups is 2. The topological polar surface area (TPSA) is 99.1 Å². The van der Waals surface area contributed by atoms with E-state index in [4.69, 9.17) is 4.74 Å². The summed E-state index contributed by atoms with van der Waals surface area (Å²) < 4.78 is 45.4. The van der Waals surface area contributed by atoms with E-state index in [1.807, 2.05) is 12.1 Å². The number of ether oxygens (including phenoxy) is 1. The fourth-order valence-corrected chi connectivity index (χ4v) is 5.84. The normalized spacial score (nSPS) is 24.7. The van der Waals surface area contributed by atoms with Gasteiger partial charge in [0, 0.05) is 29.3 Å². The van der Waals surface area contributed by atoms with Crippen LogP contribution in [0.3, 0.4) is 0 Å². The van der Waals surface area contributed by atoms with Gasteiger partial charge in [0.1, 0.15) is 18.0 Å². The van der Waals surface area contributed by atoms with Crippen LogP contribution in [-0.4, -0.2) is 64.4 Å². The summed E-state index contributed by atoms with van der Waals surface area (Å²) >= 11 is 0. The summed E-state index contributed by atoms with van der Waals surface area (Å²) in [7, 11) is 0. The van der Waals surface area contributed by atoms with Gasteiger partial charge >= 0.3 is 6.18 Å². The van der Waals surface area contributed by atoms with Crippen LogP contribution in [0.25, 0.3) is 0 Å². The molecule has 38 heavy (non-hydrogen) atoms. The molecule has 4 atom stereocenters. The number of amides is 2. The van der Waals surface area contributed by atoms with Crippen LogP contribution in [0.1, 0.15) is 53.1 Å². The second kappa shape index (κ2) is 10.4. The van der Waals surface area contributed by atoms with Gasteiger partial charge in [0.2, 0.25) is 5.91 Å². The molecule has 3 aliphatic rings. The largest absolute Gasteiger partial charge is 0.486 e. The van der Waals surface area contributed by atoms with Gasteiger partial charge in [0.25, 0.3) is 5.91 Å². The second-order valence-corrected chi connectivity index (χ2v) is 9.91. The van der Waals surface area contributed by atoms with Crippen LogP contribution in [-0.2, 0) is 11.0 Å². The molecule has 10 heteroatoms. The number of aliphatic hydroxyl groups excluding tert-OH is 2. The number of fused-ring (bicyclic) bond motifs is 3. The van der Waals surface area contributed by atoms with Gasteiger partial charge in [-0.2, -0.15) is 13.2 Å². The van der Waals surface area contributed by atoms with Gasteiger partial charge in [-0.3, -0.25) is 9.59 Å². The highest BCUT2D eigenvalue weighted by Crippen LogP contribution is 2.47. The van der Waals surface area contributed by atoms with E-state index in [9.17, 15) is 33.0 Å². The van der Waals surface area contributed by atoms with E-state index in [0.29, 0.717) is 24.2 Å². The number of rotatable bonds is 6. The molecule has 3 N–H and O–H groups in total. The van der Waals surface area contributed by atoms with Crippen molar-refractivity contribution in [3.05, 3.63) is 76.9 Å². The Hall–Kier alpha value is -3.37. The molecule has 1 saturated carbocycles. The third-order valence-electron chi connectivity index (χ3n) is 7.61. The van der Waals surface area contributed by atoms with E-state index < -0.39 is 47.7 Å². The lowest BCUT2D eigenvalue weighted by Crippen LogP contribution is -2.58. The summed E-state index contributed by atoms with van der Waals surface area (Å²) in [4.78, 5) is 28.6. The van der Waals surface area contributed by atoms with Crippen molar-refractivity contribution >= 4 is 11.8 Å². The molecule has 7 nitrogen and oxygen atoms in total. The maximum Gasteiger partial charge on any atom is 0.416 e. The first-order chi connectivity index (χ1) is 18.2. The fourth-order valence-electron chi connectivity index (χ4n) is 5.84. The van der Waals surface area contributed by atoms with Gasteiger partial charge in [-0.25, -0.2) is 0 Å². The molecular formula is C28H29F3N2O5. The molecule has 1 heterocycles. The van der Waals surface area contributed by atoms with Crippen molar-refractivity contribution in [3.8, 4) is 5.75 Å². The van der Waals surface area contributed by atoms with Crippen molar-refractivity contribution in [3.63, 3.8) is 0 Å². The van der Waals surface area contributed by atoms with E-state index in [1.165, 1.54) is 4.90 Å². The van der Waals surface area contributed by atoms with Crippen LogP contribution >= 0.6 is 0 Å². The number of nitrogens with one attached hydrogen (secondary N) is 1. The predicted octanol–water partition coefficient (Wildman–Crippen LogP) is 3.41. The second-order valence-electron chi connectivity index (χ2n) is 9.91. The van der Waals surface area contributed by atoms with Crippen LogP contribution < -0.4 is 10.1 Å². The summed E-state index contributed by atoms with van der Waals surface area (Å²) in [5.41, 5.74) is 0.255. The summed E-state index contributed by atoms with van der Waals surface area (Å²) in [6.07, 6.45) is -1.91. The van der Waals surface area contributed by atoms with Gasteiger partial charge in [0.05, 0.1) is 24.1 Å². The van der Waals surface area contributed by atoms with E-state index in [-0.39, 0.29) is 24.8 Å². The molecule has 0 spiro atoms. The molecule has 0 radical (unpaired) electrons. The van der Waals surface area contributed by atoms with Crippen LogP contribution in [0.5, 0.6) is 5.75 Å². The number of hydrogen-bond acceptors (Lipinski definition) is 5. The quantitative estimate of drug-likeness (QED) is 0.532. The minimum Gasteiger partial charge on any atom is -0.486 e. The average Bonchev–Trinajstić information content (AvgIpc) is 3.57.